The molecule has 3 aromatic rings. The van der Waals surface area contributed by atoms with Crippen molar-refractivity contribution in [2.24, 2.45) is 0 Å². The van der Waals surface area contributed by atoms with Crippen LogP contribution in [-0.4, -0.2) is 37.7 Å². The number of rotatable bonds is 7. The van der Waals surface area contributed by atoms with Crippen LogP contribution in [0, 0.1) is 0 Å². The molecule has 0 fully saturated rings. The first-order chi connectivity index (χ1) is 13.6. The number of amides is 1. The fraction of sp³-hybridized carbons (Fsp3) is 0.150. The van der Waals surface area contributed by atoms with Crippen LogP contribution in [0.5, 0.6) is 11.5 Å². The number of aromatic nitrogens is 1. The van der Waals surface area contributed by atoms with Crippen molar-refractivity contribution in [3.05, 3.63) is 59.6 Å². The molecule has 0 aliphatic rings. The van der Waals surface area contributed by atoms with E-state index in [1.54, 1.807) is 23.6 Å². The molecule has 0 aliphatic carbocycles. The minimum Gasteiger partial charge on any atom is -0.497 e. The summed E-state index contributed by atoms with van der Waals surface area (Å²) in [6.07, 6.45) is 0. The molecule has 1 aromatic heterocycles. The van der Waals surface area contributed by atoms with Crippen molar-refractivity contribution < 1.29 is 23.8 Å². The monoisotopic (exact) mass is 398 g/mol. The number of methoxy groups -OCH3 is 2. The third-order valence-corrected chi connectivity index (χ3v) is 4.64. The average molecular weight is 398 g/mol. The number of esters is 1. The van der Waals surface area contributed by atoms with Gasteiger partial charge < -0.3 is 19.5 Å². The predicted octanol–water partition coefficient (Wildman–Crippen LogP) is 3.62. The van der Waals surface area contributed by atoms with Crippen molar-refractivity contribution >= 4 is 28.9 Å². The van der Waals surface area contributed by atoms with Crippen LogP contribution in [-0.2, 0) is 9.53 Å². The summed E-state index contributed by atoms with van der Waals surface area (Å²) in [6, 6.07) is 14.5. The molecule has 0 saturated heterocycles. The van der Waals surface area contributed by atoms with Crippen LogP contribution in [0.3, 0.4) is 0 Å². The van der Waals surface area contributed by atoms with Gasteiger partial charge in [0, 0.05) is 17.0 Å². The molecule has 1 amide bonds. The molecule has 1 N–H and O–H groups in total. The number of thiazole rings is 1. The standard InChI is InChI=1S/C20H18N2O5S/c1-25-14-8-9-17(26-2)15(10-14)21-18(23)11-27-20(24)16-12-28-19(22-16)13-6-4-3-5-7-13/h3-10,12H,11H2,1-2H3,(H,21,23). The van der Waals surface area contributed by atoms with E-state index in [4.69, 9.17) is 14.2 Å². The van der Waals surface area contributed by atoms with E-state index in [1.807, 2.05) is 30.3 Å². The maximum atomic E-state index is 12.2. The Hall–Kier alpha value is -3.39. The van der Waals surface area contributed by atoms with E-state index in [1.165, 1.54) is 25.6 Å². The molecule has 0 spiro atoms. The molecule has 0 radical (unpaired) electrons. The summed E-state index contributed by atoms with van der Waals surface area (Å²) >= 11 is 1.33. The highest BCUT2D eigenvalue weighted by molar-refractivity contribution is 7.13. The number of hydrogen-bond donors (Lipinski definition) is 1. The highest BCUT2D eigenvalue weighted by Crippen LogP contribution is 2.29. The van der Waals surface area contributed by atoms with E-state index in [2.05, 4.69) is 10.3 Å². The van der Waals surface area contributed by atoms with Crippen LogP contribution in [0.25, 0.3) is 10.6 Å². The summed E-state index contributed by atoms with van der Waals surface area (Å²) < 4.78 is 15.4. The molecular formula is C20H18N2O5S. The number of ether oxygens (including phenoxy) is 3. The Labute approximate surface area is 165 Å². The first-order valence-electron chi connectivity index (χ1n) is 8.30. The lowest BCUT2D eigenvalue weighted by Gasteiger charge is -2.11. The normalized spacial score (nSPS) is 10.2. The van der Waals surface area contributed by atoms with Gasteiger partial charge in [0.15, 0.2) is 12.3 Å². The largest absolute Gasteiger partial charge is 0.497 e. The van der Waals surface area contributed by atoms with Crippen LogP contribution >= 0.6 is 11.3 Å². The zero-order valence-corrected chi connectivity index (χ0v) is 16.1. The van der Waals surface area contributed by atoms with E-state index in [9.17, 15) is 9.59 Å². The second-order valence-electron chi connectivity index (χ2n) is 5.59. The molecule has 8 heteroatoms. The van der Waals surface area contributed by atoms with Gasteiger partial charge in [-0.2, -0.15) is 0 Å². The smallest absolute Gasteiger partial charge is 0.358 e. The van der Waals surface area contributed by atoms with Gasteiger partial charge in [0.1, 0.15) is 16.5 Å². The lowest BCUT2D eigenvalue weighted by atomic mass is 10.2. The molecule has 2 aromatic carbocycles. The Bertz CT molecular complexity index is 972. The number of carbonyl (C=O) groups excluding carboxylic acids is 2. The van der Waals surface area contributed by atoms with Crippen LogP contribution in [0.15, 0.2) is 53.9 Å². The fourth-order valence-corrected chi connectivity index (χ4v) is 3.18. The van der Waals surface area contributed by atoms with Gasteiger partial charge in [0.05, 0.1) is 19.9 Å². The third-order valence-electron chi connectivity index (χ3n) is 3.75. The van der Waals surface area contributed by atoms with Crippen molar-refractivity contribution in [3.8, 4) is 22.1 Å². The Morgan fingerprint density at radius 1 is 1.07 bits per heavy atom. The minimum atomic E-state index is -0.661. The van der Waals surface area contributed by atoms with E-state index in [0.29, 0.717) is 22.2 Å². The molecule has 144 valence electrons. The Balaban J connectivity index is 1.59. The molecule has 1 heterocycles. The number of anilines is 1. The Morgan fingerprint density at radius 2 is 1.86 bits per heavy atom. The molecule has 0 saturated carbocycles. The number of nitrogens with one attached hydrogen (secondary N) is 1. The molecule has 0 bridgehead atoms. The maximum Gasteiger partial charge on any atom is 0.358 e. The maximum absolute atomic E-state index is 12.2. The summed E-state index contributed by atoms with van der Waals surface area (Å²) in [5, 5.41) is 4.95. The Kier molecular flexibility index (Phi) is 6.23. The molecular weight excluding hydrogens is 380 g/mol. The summed E-state index contributed by atoms with van der Waals surface area (Å²) in [5.41, 5.74) is 1.49. The van der Waals surface area contributed by atoms with Gasteiger partial charge >= 0.3 is 5.97 Å². The molecule has 7 nitrogen and oxygen atoms in total. The quantitative estimate of drug-likeness (QED) is 0.612. The van der Waals surface area contributed by atoms with Crippen molar-refractivity contribution in [2.45, 2.75) is 0 Å². The van der Waals surface area contributed by atoms with Crippen LogP contribution in [0.2, 0.25) is 0 Å². The van der Waals surface area contributed by atoms with Crippen LogP contribution in [0.1, 0.15) is 10.5 Å². The number of nitrogens with zero attached hydrogens (tertiary/aromatic N) is 1. The second kappa shape index (κ2) is 9.01. The van der Waals surface area contributed by atoms with Gasteiger partial charge in [-0.15, -0.1) is 11.3 Å². The fourth-order valence-electron chi connectivity index (χ4n) is 2.38. The lowest BCUT2D eigenvalue weighted by Crippen LogP contribution is -2.21. The van der Waals surface area contributed by atoms with Gasteiger partial charge in [-0.05, 0) is 12.1 Å². The molecule has 0 aliphatic heterocycles. The first-order valence-corrected chi connectivity index (χ1v) is 9.18. The van der Waals surface area contributed by atoms with Crippen molar-refractivity contribution in [3.63, 3.8) is 0 Å². The summed E-state index contributed by atoms with van der Waals surface area (Å²) in [7, 11) is 3.01. The van der Waals surface area contributed by atoms with E-state index < -0.39 is 18.5 Å². The van der Waals surface area contributed by atoms with Crippen LogP contribution in [0.4, 0.5) is 5.69 Å². The predicted molar refractivity (Wildman–Crippen MR) is 106 cm³/mol. The van der Waals surface area contributed by atoms with Gasteiger partial charge in [0.25, 0.3) is 5.91 Å². The zero-order chi connectivity index (χ0) is 19.9. The topological polar surface area (TPSA) is 86.8 Å². The summed E-state index contributed by atoms with van der Waals surface area (Å²) in [5.74, 6) is -0.138. The number of hydrogen-bond acceptors (Lipinski definition) is 7. The van der Waals surface area contributed by atoms with Gasteiger partial charge in [0.2, 0.25) is 0 Å². The first kappa shape index (κ1) is 19.4. The zero-order valence-electron chi connectivity index (χ0n) is 15.3. The average Bonchev–Trinajstić information content (AvgIpc) is 3.23. The molecule has 0 unspecified atom stereocenters. The van der Waals surface area contributed by atoms with Crippen molar-refractivity contribution in [2.75, 3.05) is 26.1 Å². The minimum absolute atomic E-state index is 0.163. The highest BCUT2D eigenvalue weighted by atomic mass is 32.1. The lowest BCUT2D eigenvalue weighted by molar-refractivity contribution is -0.119. The van der Waals surface area contributed by atoms with Crippen molar-refractivity contribution in [1.82, 2.24) is 4.98 Å². The van der Waals surface area contributed by atoms with Gasteiger partial charge in [-0.3, -0.25) is 4.79 Å². The SMILES string of the molecule is COc1ccc(OC)c(NC(=O)COC(=O)c2csc(-c3ccccc3)n2)c1. The van der Waals surface area contributed by atoms with Crippen molar-refractivity contribution in [1.29, 1.82) is 0 Å². The summed E-state index contributed by atoms with van der Waals surface area (Å²) in [4.78, 5) is 28.6. The molecule has 3 rings (SSSR count). The van der Waals surface area contributed by atoms with Gasteiger partial charge in [-0.1, -0.05) is 30.3 Å². The van der Waals surface area contributed by atoms with E-state index in [-0.39, 0.29) is 5.69 Å². The summed E-state index contributed by atoms with van der Waals surface area (Å²) in [6.45, 7) is -0.447. The Morgan fingerprint density at radius 3 is 2.57 bits per heavy atom. The van der Waals surface area contributed by atoms with Crippen LogP contribution < -0.4 is 14.8 Å². The van der Waals surface area contributed by atoms with E-state index in [0.717, 1.165) is 5.56 Å². The highest BCUT2D eigenvalue weighted by Gasteiger charge is 2.16. The van der Waals surface area contributed by atoms with E-state index >= 15 is 0 Å². The second-order valence-corrected chi connectivity index (χ2v) is 6.45. The third kappa shape index (κ3) is 4.66. The number of benzene rings is 2. The molecule has 0 atom stereocenters. The number of carbonyl (C=O) groups is 2. The van der Waals surface area contributed by atoms with Gasteiger partial charge in [-0.25, -0.2) is 9.78 Å². The molecule has 28 heavy (non-hydrogen) atoms.